The number of ether oxygens (including phenoxy) is 1. The molecule has 1 aromatic heterocycles. The molecule has 1 saturated heterocycles. The Hall–Kier alpha value is -2.45. The highest BCUT2D eigenvalue weighted by Crippen LogP contribution is 2.46. The molecule has 2 aromatic rings. The first kappa shape index (κ1) is 19.3. The number of halogens is 1. The number of benzene rings is 1. The maximum Gasteiger partial charge on any atom is 0.254 e. The third kappa shape index (κ3) is 3.15. The minimum Gasteiger partial charge on any atom is -0.376 e. The van der Waals surface area contributed by atoms with Gasteiger partial charge in [-0.2, -0.15) is 4.98 Å². The van der Waals surface area contributed by atoms with Crippen molar-refractivity contribution in [3.63, 3.8) is 0 Å². The van der Waals surface area contributed by atoms with Crippen molar-refractivity contribution in [3.8, 4) is 0 Å². The molecule has 1 aliphatic carbocycles. The van der Waals surface area contributed by atoms with Crippen LogP contribution in [0, 0.1) is 0 Å². The lowest BCUT2D eigenvalue weighted by atomic mass is 10.0. The summed E-state index contributed by atoms with van der Waals surface area (Å²) in [6.07, 6.45) is 8.22. The fourth-order valence-corrected chi connectivity index (χ4v) is 5.53. The number of fused-ring (bicyclic) bond motifs is 3. The quantitative estimate of drug-likeness (QED) is 0.716. The molecule has 3 atom stereocenters. The van der Waals surface area contributed by atoms with E-state index in [9.17, 15) is 4.79 Å². The molecule has 162 valence electrons. The van der Waals surface area contributed by atoms with E-state index in [4.69, 9.17) is 20.9 Å². The number of nitrogens with zero attached hydrogens (tertiary/aromatic N) is 5. The average Bonchev–Trinajstić information content (AvgIpc) is 3.56. The fraction of sp³-hybridized carbons (Fsp3) is 0.545. The molecular weight excluding hydrogens is 418 g/mol. The third-order valence-electron chi connectivity index (χ3n) is 6.82. The Morgan fingerprint density at radius 1 is 1.16 bits per heavy atom. The lowest BCUT2D eigenvalue weighted by molar-refractivity contribution is -0.120. The van der Waals surface area contributed by atoms with Crippen LogP contribution in [-0.2, 0) is 9.53 Å². The first-order chi connectivity index (χ1) is 15.2. The Labute approximate surface area is 185 Å². The summed E-state index contributed by atoms with van der Waals surface area (Å²) in [5.74, 6) is 1.42. The SMILES string of the molecule is O=C1C2C(c3nc(C4CCCC4)no3)N=CN2c2cccc(Cl)c2N1CC1CCCO1. The van der Waals surface area contributed by atoms with Crippen molar-refractivity contribution in [1.29, 1.82) is 0 Å². The van der Waals surface area contributed by atoms with Crippen LogP contribution in [-0.4, -0.2) is 47.7 Å². The Morgan fingerprint density at radius 2 is 2.03 bits per heavy atom. The predicted octanol–water partition coefficient (Wildman–Crippen LogP) is 3.86. The number of aromatic nitrogens is 2. The number of amides is 1. The van der Waals surface area contributed by atoms with Gasteiger partial charge in [0.2, 0.25) is 0 Å². The zero-order chi connectivity index (χ0) is 20.9. The normalized spacial score (nSPS) is 27.9. The minimum atomic E-state index is -0.566. The summed E-state index contributed by atoms with van der Waals surface area (Å²) in [5.41, 5.74) is 1.57. The molecule has 6 rings (SSSR count). The lowest BCUT2D eigenvalue weighted by Crippen LogP contribution is -2.54. The van der Waals surface area contributed by atoms with Gasteiger partial charge in [-0.1, -0.05) is 35.7 Å². The van der Waals surface area contributed by atoms with Gasteiger partial charge in [0.25, 0.3) is 11.8 Å². The summed E-state index contributed by atoms with van der Waals surface area (Å²) < 4.78 is 11.4. The van der Waals surface area contributed by atoms with E-state index in [-0.39, 0.29) is 12.0 Å². The smallest absolute Gasteiger partial charge is 0.254 e. The molecule has 4 aliphatic rings. The molecule has 1 saturated carbocycles. The predicted molar refractivity (Wildman–Crippen MR) is 116 cm³/mol. The summed E-state index contributed by atoms with van der Waals surface area (Å²) in [6, 6.07) is 4.57. The van der Waals surface area contributed by atoms with Gasteiger partial charge in [-0.25, -0.2) is 0 Å². The second-order valence-electron chi connectivity index (χ2n) is 8.73. The molecule has 4 heterocycles. The van der Waals surface area contributed by atoms with E-state index in [0.717, 1.165) is 43.8 Å². The molecule has 9 heteroatoms. The monoisotopic (exact) mass is 441 g/mol. The molecule has 0 spiro atoms. The largest absolute Gasteiger partial charge is 0.376 e. The molecule has 8 nitrogen and oxygen atoms in total. The van der Waals surface area contributed by atoms with Crippen LogP contribution in [0.25, 0.3) is 0 Å². The van der Waals surface area contributed by atoms with Gasteiger partial charge in [-0.15, -0.1) is 0 Å². The molecule has 3 unspecified atom stereocenters. The van der Waals surface area contributed by atoms with Crippen molar-refractivity contribution in [2.75, 3.05) is 23.0 Å². The van der Waals surface area contributed by atoms with Crippen LogP contribution in [0.5, 0.6) is 0 Å². The van der Waals surface area contributed by atoms with E-state index in [1.54, 1.807) is 11.2 Å². The number of carbonyl (C=O) groups is 1. The van der Waals surface area contributed by atoms with Crippen LogP contribution in [0.4, 0.5) is 11.4 Å². The highest BCUT2D eigenvalue weighted by atomic mass is 35.5. The van der Waals surface area contributed by atoms with Crippen LogP contribution in [0.1, 0.15) is 62.2 Å². The zero-order valence-corrected chi connectivity index (χ0v) is 17.9. The van der Waals surface area contributed by atoms with Gasteiger partial charge < -0.3 is 19.1 Å². The molecule has 1 aromatic carbocycles. The van der Waals surface area contributed by atoms with Crippen LogP contribution in [0.2, 0.25) is 5.02 Å². The second-order valence-corrected chi connectivity index (χ2v) is 9.13. The highest BCUT2D eigenvalue weighted by Gasteiger charge is 2.49. The number of hydrogen-bond acceptors (Lipinski definition) is 7. The summed E-state index contributed by atoms with van der Waals surface area (Å²) in [4.78, 5) is 26.7. The molecule has 0 N–H and O–H groups in total. The Bertz CT molecular complexity index is 1030. The number of rotatable bonds is 4. The molecule has 3 aliphatic heterocycles. The summed E-state index contributed by atoms with van der Waals surface area (Å²) in [5, 5.41) is 4.76. The van der Waals surface area contributed by atoms with Crippen LogP contribution in [0.3, 0.4) is 0 Å². The minimum absolute atomic E-state index is 0.0118. The van der Waals surface area contributed by atoms with E-state index >= 15 is 0 Å². The van der Waals surface area contributed by atoms with Gasteiger partial charge in [-0.05, 0) is 37.8 Å². The standard InChI is InChI=1S/C22H24ClN5O3/c23-15-8-3-9-16-18(15)27(11-14-7-4-10-30-14)22(29)19-17(24-12-28(16)19)21-25-20(26-31-21)13-5-1-2-6-13/h3,8-9,12-14,17,19H,1-2,4-7,10-11H2. The number of hydrogen-bond donors (Lipinski definition) is 0. The Kier molecular flexibility index (Phi) is 4.72. The highest BCUT2D eigenvalue weighted by molar-refractivity contribution is 6.35. The summed E-state index contributed by atoms with van der Waals surface area (Å²) >= 11 is 6.56. The first-order valence-corrected chi connectivity index (χ1v) is 11.4. The number of aliphatic imine (C=N–C) groups is 1. The average molecular weight is 442 g/mol. The van der Waals surface area contributed by atoms with Gasteiger partial charge in [0.05, 0.1) is 35.4 Å². The molecular formula is C22H24ClN5O3. The molecule has 2 fully saturated rings. The van der Waals surface area contributed by atoms with E-state index < -0.39 is 12.1 Å². The van der Waals surface area contributed by atoms with Crippen molar-refractivity contribution in [2.24, 2.45) is 4.99 Å². The summed E-state index contributed by atoms with van der Waals surface area (Å²) in [7, 11) is 0. The first-order valence-electron chi connectivity index (χ1n) is 11.1. The maximum absolute atomic E-state index is 13.8. The van der Waals surface area contributed by atoms with Crippen LogP contribution < -0.4 is 9.80 Å². The maximum atomic E-state index is 13.8. The van der Waals surface area contributed by atoms with Crippen LogP contribution >= 0.6 is 11.6 Å². The van der Waals surface area contributed by atoms with E-state index in [2.05, 4.69) is 15.1 Å². The van der Waals surface area contributed by atoms with Crippen LogP contribution in [0.15, 0.2) is 27.7 Å². The van der Waals surface area contributed by atoms with E-state index in [1.807, 2.05) is 23.1 Å². The van der Waals surface area contributed by atoms with Crippen molar-refractivity contribution in [1.82, 2.24) is 10.1 Å². The third-order valence-corrected chi connectivity index (χ3v) is 7.13. The molecule has 1 amide bonds. The Morgan fingerprint density at radius 3 is 2.84 bits per heavy atom. The van der Waals surface area contributed by atoms with Gasteiger partial charge in [-0.3, -0.25) is 9.79 Å². The van der Waals surface area contributed by atoms with Crippen molar-refractivity contribution in [3.05, 3.63) is 34.9 Å². The van der Waals surface area contributed by atoms with E-state index in [0.29, 0.717) is 29.1 Å². The molecule has 31 heavy (non-hydrogen) atoms. The fourth-order valence-electron chi connectivity index (χ4n) is 5.25. The number of carbonyl (C=O) groups excluding carboxylic acids is 1. The number of anilines is 2. The lowest BCUT2D eigenvalue weighted by Gasteiger charge is -2.40. The van der Waals surface area contributed by atoms with Crippen molar-refractivity contribution >= 4 is 35.2 Å². The molecule has 0 radical (unpaired) electrons. The van der Waals surface area contributed by atoms with E-state index in [1.165, 1.54) is 12.8 Å². The topological polar surface area (TPSA) is 84.1 Å². The van der Waals surface area contributed by atoms with Gasteiger partial charge >= 0.3 is 0 Å². The zero-order valence-electron chi connectivity index (χ0n) is 17.1. The Balaban J connectivity index is 1.35. The van der Waals surface area contributed by atoms with Crippen molar-refractivity contribution < 1.29 is 14.1 Å². The van der Waals surface area contributed by atoms with Gasteiger partial charge in [0, 0.05) is 12.5 Å². The van der Waals surface area contributed by atoms with Gasteiger partial charge in [0.15, 0.2) is 11.9 Å². The van der Waals surface area contributed by atoms with Crippen molar-refractivity contribution in [2.45, 2.75) is 62.6 Å². The number of para-hydroxylation sites is 1. The molecule has 0 bridgehead atoms. The second kappa shape index (κ2) is 7.60. The summed E-state index contributed by atoms with van der Waals surface area (Å²) in [6.45, 7) is 1.21. The van der Waals surface area contributed by atoms with Gasteiger partial charge in [0.1, 0.15) is 6.04 Å².